The van der Waals surface area contributed by atoms with Crippen LogP contribution in [0, 0.1) is 5.82 Å². The van der Waals surface area contributed by atoms with E-state index < -0.39 is 26.6 Å². The smallest absolute Gasteiger partial charge is 0.251 e. The maximum absolute atomic E-state index is 14.0. The summed E-state index contributed by atoms with van der Waals surface area (Å²) in [4.78, 5) is 11.8. The van der Waals surface area contributed by atoms with Gasteiger partial charge in [-0.1, -0.05) is 18.2 Å². The van der Waals surface area contributed by atoms with E-state index in [-0.39, 0.29) is 5.56 Å². The minimum atomic E-state index is -3.98. The number of halogens is 1. The average molecular weight is 416 g/mol. The van der Waals surface area contributed by atoms with Crippen molar-refractivity contribution in [2.45, 2.75) is 11.3 Å². The Kier molecular flexibility index (Phi) is 6.09. The molecule has 3 aromatic rings. The van der Waals surface area contributed by atoms with Gasteiger partial charge in [-0.2, -0.15) is 5.10 Å². The van der Waals surface area contributed by atoms with Gasteiger partial charge in [0.25, 0.3) is 5.91 Å². The van der Waals surface area contributed by atoms with Crippen LogP contribution in [-0.4, -0.2) is 49.1 Å². The molecule has 9 heteroatoms. The van der Waals surface area contributed by atoms with Crippen LogP contribution in [0.3, 0.4) is 0 Å². The Morgan fingerprint density at radius 2 is 1.90 bits per heavy atom. The number of nitrogens with one attached hydrogen (secondary N) is 1. The third kappa shape index (κ3) is 4.69. The molecule has 2 aromatic carbocycles. The fraction of sp³-hybridized carbons (Fsp3) is 0.200. The van der Waals surface area contributed by atoms with Gasteiger partial charge in [0.2, 0.25) is 10.0 Å². The molecule has 0 bridgehead atoms. The number of carbonyl (C=O) groups excluding carboxylic acids is 1. The van der Waals surface area contributed by atoms with E-state index in [4.69, 9.17) is 0 Å². The van der Waals surface area contributed by atoms with Crippen LogP contribution in [0.1, 0.15) is 15.9 Å². The molecule has 0 saturated heterocycles. The Labute approximate surface area is 168 Å². The van der Waals surface area contributed by atoms with Crippen LogP contribution in [0.2, 0.25) is 0 Å². The maximum atomic E-state index is 14.0. The summed E-state index contributed by atoms with van der Waals surface area (Å²) in [6.45, 7) is 0.326. The molecule has 7 nitrogen and oxygen atoms in total. The van der Waals surface area contributed by atoms with Crippen molar-refractivity contribution in [3.63, 3.8) is 0 Å². The highest BCUT2D eigenvalue weighted by atomic mass is 32.2. The number of sulfonamides is 1. The summed E-state index contributed by atoms with van der Waals surface area (Å²) >= 11 is 0. The van der Waals surface area contributed by atoms with E-state index in [2.05, 4.69) is 10.4 Å². The number of amides is 1. The summed E-state index contributed by atoms with van der Waals surface area (Å²) in [5, 5.41) is 7.02. The molecule has 29 heavy (non-hydrogen) atoms. The Hall–Kier alpha value is -3.04. The molecule has 0 aliphatic rings. The Morgan fingerprint density at radius 1 is 1.17 bits per heavy atom. The zero-order chi connectivity index (χ0) is 21.0. The topological polar surface area (TPSA) is 84.3 Å². The van der Waals surface area contributed by atoms with Gasteiger partial charge in [-0.25, -0.2) is 21.8 Å². The number of nitrogens with zero attached hydrogens (tertiary/aromatic N) is 3. The molecule has 0 atom stereocenters. The Morgan fingerprint density at radius 3 is 2.59 bits per heavy atom. The molecular formula is C20H21FN4O3S. The van der Waals surface area contributed by atoms with Crippen molar-refractivity contribution in [2.75, 3.05) is 20.6 Å². The van der Waals surface area contributed by atoms with Crippen LogP contribution in [0.25, 0.3) is 5.69 Å². The van der Waals surface area contributed by atoms with Gasteiger partial charge in [0.1, 0.15) is 10.7 Å². The van der Waals surface area contributed by atoms with Gasteiger partial charge < -0.3 is 5.32 Å². The van der Waals surface area contributed by atoms with Gasteiger partial charge in [-0.3, -0.25) is 4.79 Å². The second-order valence-corrected chi connectivity index (χ2v) is 8.69. The van der Waals surface area contributed by atoms with E-state index >= 15 is 0 Å². The standard InChI is InChI=1S/C20H21FN4O3S/c1-24(2)29(27,28)19-12-16(8-9-18(19)21)20(26)22-11-10-15-13-23-25(14-15)17-6-4-3-5-7-17/h3-9,12-14H,10-11H2,1-2H3,(H,22,26). The highest BCUT2D eigenvalue weighted by molar-refractivity contribution is 7.89. The second kappa shape index (κ2) is 8.54. The van der Waals surface area contributed by atoms with Crippen molar-refractivity contribution in [2.24, 2.45) is 0 Å². The molecule has 0 fully saturated rings. The highest BCUT2D eigenvalue weighted by Crippen LogP contribution is 2.19. The van der Waals surface area contributed by atoms with Crippen LogP contribution in [0.4, 0.5) is 4.39 Å². The van der Waals surface area contributed by atoms with Crippen molar-refractivity contribution in [3.8, 4) is 5.69 Å². The molecule has 0 spiro atoms. The molecule has 3 rings (SSSR count). The van der Waals surface area contributed by atoms with E-state index in [1.807, 2.05) is 36.5 Å². The largest absolute Gasteiger partial charge is 0.352 e. The third-order valence-electron chi connectivity index (χ3n) is 4.31. The first kappa shape index (κ1) is 20.7. The molecule has 0 aliphatic heterocycles. The maximum Gasteiger partial charge on any atom is 0.251 e. The van der Waals surface area contributed by atoms with E-state index in [0.29, 0.717) is 13.0 Å². The van der Waals surface area contributed by atoms with Crippen molar-refractivity contribution in [1.82, 2.24) is 19.4 Å². The number of carbonyl (C=O) groups is 1. The lowest BCUT2D eigenvalue weighted by Crippen LogP contribution is -2.27. The summed E-state index contributed by atoms with van der Waals surface area (Å²) in [6.07, 6.45) is 4.14. The molecule has 0 saturated carbocycles. The van der Waals surface area contributed by atoms with Gasteiger partial charge in [-0.05, 0) is 42.3 Å². The van der Waals surface area contributed by atoms with Crippen LogP contribution in [0.15, 0.2) is 65.8 Å². The van der Waals surface area contributed by atoms with Gasteiger partial charge in [0, 0.05) is 32.4 Å². The van der Waals surface area contributed by atoms with Crippen LogP contribution in [0.5, 0.6) is 0 Å². The van der Waals surface area contributed by atoms with Gasteiger partial charge in [0.05, 0.1) is 11.9 Å². The number of hydrogen-bond acceptors (Lipinski definition) is 4. The first-order valence-electron chi connectivity index (χ1n) is 8.88. The molecule has 0 unspecified atom stereocenters. The normalized spacial score (nSPS) is 11.6. The number of rotatable bonds is 7. The van der Waals surface area contributed by atoms with Crippen LogP contribution >= 0.6 is 0 Å². The number of para-hydroxylation sites is 1. The molecule has 1 N–H and O–H groups in total. The van der Waals surface area contributed by atoms with Gasteiger partial charge in [-0.15, -0.1) is 0 Å². The fourth-order valence-electron chi connectivity index (χ4n) is 2.67. The summed E-state index contributed by atoms with van der Waals surface area (Å²) in [5.41, 5.74) is 1.94. The quantitative estimate of drug-likeness (QED) is 0.640. The van der Waals surface area contributed by atoms with Crippen LogP contribution in [-0.2, 0) is 16.4 Å². The number of benzene rings is 2. The van der Waals surface area contributed by atoms with Crippen molar-refractivity contribution >= 4 is 15.9 Å². The van der Waals surface area contributed by atoms with E-state index in [1.54, 1.807) is 10.9 Å². The zero-order valence-electron chi connectivity index (χ0n) is 16.0. The molecule has 1 heterocycles. The first-order chi connectivity index (χ1) is 13.8. The minimum absolute atomic E-state index is 0.0757. The molecule has 0 radical (unpaired) electrons. The molecular weight excluding hydrogens is 395 g/mol. The lowest BCUT2D eigenvalue weighted by atomic mass is 10.2. The minimum Gasteiger partial charge on any atom is -0.352 e. The molecule has 1 amide bonds. The van der Waals surface area contributed by atoms with Gasteiger partial charge >= 0.3 is 0 Å². The second-order valence-electron chi connectivity index (χ2n) is 6.57. The lowest BCUT2D eigenvalue weighted by Gasteiger charge is -2.13. The average Bonchev–Trinajstić information content (AvgIpc) is 3.17. The summed E-state index contributed by atoms with van der Waals surface area (Å²) < 4.78 is 41.0. The Bertz CT molecular complexity index is 1110. The third-order valence-corrected chi connectivity index (χ3v) is 6.14. The summed E-state index contributed by atoms with van der Waals surface area (Å²) in [5.74, 6) is -1.38. The summed E-state index contributed by atoms with van der Waals surface area (Å²) in [7, 11) is -1.38. The first-order valence-corrected chi connectivity index (χ1v) is 10.3. The van der Waals surface area contributed by atoms with E-state index in [1.165, 1.54) is 20.2 Å². The predicted octanol–water partition coefficient (Wildman–Crippen LogP) is 2.23. The lowest BCUT2D eigenvalue weighted by molar-refractivity contribution is 0.0954. The Balaban J connectivity index is 1.64. The van der Waals surface area contributed by atoms with Crippen molar-refractivity contribution < 1.29 is 17.6 Å². The highest BCUT2D eigenvalue weighted by Gasteiger charge is 2.23. The monoisotopic (exact) mass is 416 g/mol. The molecule has 0 aliphatic carbocycles. The van der Waals surface area contributed by atoms with Crippen molar-refractivity contribution in [3.05, 3.63) is 77.9 Å². The number of hydrogen-bond donors (Lipinski definition) is 1. The van der Waals surface area contributed by atoms with Crippen LogP contribution < -0.4 is 5.32 Å². The predicted molar refractivity (Wildman–Crippen MR) is 107 cm³/mol. The van der Waals surface area contributed by atoms with Crippen molar-refractivity contribution in [1.29, 1.82) is 0 Å². The molecule has 1 aromatic heterocycles. The summed E-state index contributed by atoms with van der Waals surface area (Å²) in [6, 6.07) is 12.9. The van der Waals surface area contributed by atoms with Gasteiger partial charge in [0.15, 0.2) is 0 Å². The van der Waals surface area contributed by atoms with E-state index in [0.717, 1.165) is 27.7 Å². The van der Waals surface area contributed by atoms with E-state index in [9.17, 15) is 17.6 Å². The SMILES string of the molecule is CN(C)S(=O)(=O)c1cc(C(=O)NCCc2cnn(-c3ccccc3)c2)ccc1F. The zero-order valence-corrected chi connectivity index (χ0v) is 16.9. The fourth-order valence-corrected chi connectivity index (χ4v) is 3.66. The molecule has 152 valence electrons. The number of aromatic nitrogens is 2.